The van der Waals surface area contributed by atoms with Crippen LogP contribution >= 0.6 is 0 Å². The molecular formula is C21H24N2O2+2. The number of carbonyl (C=O) groups excluding carboxylic acids is 1. The Hall–Kier alpha value is -2.17. The molecule has 25 heavy (non-hydrogen) atoms. The van der Waals surface area contributed by atoms with E-state index in [0.29, 0.717) is 11.5 Å². The van der Waals surface area contributed by atoms with E-state index < -0.39 is 0 Å². The standard InChI is InChI=1S/C21H22N2O2/c1-20-11-22-13-21(19(20)25,15-7-3-2-4-8-15)14-23(12-20)18(22)16-9-5-6-10-17(16)24/h2-10,18,24H,11-14H2,1H3/p+2. The number of nitrogens with one attached hydrogen (secondary N) is 2. The van der Waals surface area contributed by atoms with Crippen LogP contribution in [-0.4, -0.2) is 37.1 Å². The zero-order valence-corrected chi connectivity index (χ0v) is 14.5. The van der Waals surface area contributed by atoms with Crippen LogP contribution in [0.3, 0.4) is 0 Å². The summed E-state index contributed by atoms with van der Waals surface area (Å²) in [5.74, 6) is 0.805. The fraction of sp³-hybridized carbons (Fsp3) is 0.381. The summed E-state index contributed by atoms with van der Waals surface area (Å²) in [4.78, 5) is 16.3. The van der Waals surface area contributed by atoms with Gasteiger partial charge in [0.15, 0.2) is 11.2 Å². The summed E-state index contributed by atoms with van der Waals surface area (Å²) in [7, 11) is 0. The average Bonchev–Trinajstić information content (AvgIpc) is 2.60. The lowest BCUT2D eigenvalue weighted by atomic mass is 9.58. The van der Waals surface area contributed by atoms with E-state index in [9.17, 15) is 9.90 Å². The Morgan fingerprint density at radius 1 is 0.920 bits per heavy atom. The Kier molecular flexibility index (Phi) is 2.98. The van der Waals surface area contributed by atoms with Crippen molar-refractivity contribution in [3.05, 3.63) is 65.7 Å². The average molecular weight is 336 g/mol. The molecule has 4 heteroatoms. The molecule has 6 rings (SSSR count). The summed E-state index contributed by atoms with van der Waals surface area (Å²) in [6.07, 6.45) is 0.221. The fourth-order valence-corrected chi connectivity index (χ4v) is 5.89. The molecular weight excluding hydrogens is 312 g/mol. The van der Waals surface area contributed by atoms with E-state index in [1.165, 1.54) is 9.80 Å². The number of carbonyl (C=O) groups is 1. The van der Waals surface area contributed by atoms with Gasteiger partial charge in [-0.05, 0) is 24.6 Å². The van der Waals surface area contributed by atoms with Crippen LogP contribution in [0, 0.1) is 5.41 Å². The first-order valence-electron chi connectivity index (χ1n) is 9.11. The maximum atomic E-state index is 13.5. The lowest BCUT2D eigenvalue weighted by Crippen LogP contribution is -3.41. The van der Waals surface area contributed by atoms with Crippen molar-refractivity contribution in [2.24, 2.45) is 5.41 Å². The molecule has 4 aliphatic rings. The van der Waals surface area contributed by atoms with Crippen molar-refractivity contribution in [3.63, 3.8) is 0 Å². The van der Waals surface area contributed by atoms with Crippen LogP contribution in [-0.2, 0) is 10.2 Å². The quantitative estimate of drug-likeness (QED) is 0.706. The Morgan fingerprint density at radius 3 is 2.16 bits per heavy atom. The number of ketones is 1. The Balaban J connectivity index is 1.62. The van der Waals surface area contributed by atoms with Crippen molar-refractivity contribution in [2.45, 2.75) is 18.5 Å². The number of hydrogen-bond donors (Lipinski definition) is 3. The largest absolute Gasteiger partial charge is 0.507 e. The van der Waals surface area contributed by atoms with E-state index in [0.717, 1.165) is 37.3 Å². The Bertz CT molecular complexity index is 832. The summed E-state index contributed by atoms with van der Waals surface area (Å²) in [5.41, 5.74) is 1.54. The summed E-state index contributed by atoms with van der Waals surface area (Å²) in [6, 6.07) is 18.0. The number of phenols is 1. The molecule has 0 saturated carbocycles. The molecule has 0 aliphatic carbocycles. The van der Waals surface area contributed by atoms with E-state index in [1.807, 2.05) is 36.4 Å². The van der Waals surface area contributed by atoms with Gasteiger partial charge in [0.1, 0.15) is 42.9 Å². The van der Waals surface area contributed by atoms with Crippen LogP contribution in [0.5, 0.6) is 5.75 Å². The zero-order chi connectivity index (χ0) is 17.2. The number of rotatable bonds is 2. The van der Waals surface area contributed by atoms with E-state index in [4.69, 9.17) is 0 Å². The molecule has 3 N–H and O–H groups in total. The minimum Gasteiger partial charge on any atom is -0.507 e. The van der Waals surface area contributed by atoms with E-state index in [2.05, 4.69) is 19.1 Å². The molecule has 4 saturated heterocycles. The predicted molar refractivity (Wildman–Crippen MR) is 93.5 cm³/mol. The molecule has 4 bridgehead atoms. The van der Waals surface area contributed by atoms with Crippen molar-refractivity contribution in [2.75, 3.05) is 26.2 Å². The van der Waals surface area contributed by atoms with Crippen molar-refractivity contribution in [1.29, 1.82) is 0 Å². The number of para-hydroxylation sites is 1. The number of Topliss-reactive ketones (excluding diaryl/α,β-unsaturated/α-hetero) is 1. The first-order chi connectivity index (χ1) is 12.0. The number of hydrogen-bond acceptors (Lipinski definition) is 2. The second-order valence-corrected chi connectivity index (χ2v) is 8.35. The van der Waals surface area contributed by atoms with Gasteiger partial charge in [-0.3, -0.25) is 14.6 Å². The van der Waals surface area contributed by atoms with Gasteiger partial charge < -0.3 is 5.11 Å². The smallest absolute Gasteiger partial charge is 0.244 e. The summed E-state index contributed by atoms with van der Waals surface area (Å²) < 4.78 is 0. The van der Waals surface area contributed by atoms with Crippen LogP contribution in [0.2, 0.25) is 0 Å². The van der Waals surface area contributed by atoms with Gasteiger partial charge in [-0.25, -0.2) is 0 Å². The van der Waals surface area contributed by atoms with Gasteiger partial charge in [-0.1, -0.05) is 42.5 Å². The van der Waals surface area contributed by atoms with Gasteiger partial charge in [0.05, 0.1) is 0 Å². The van der Waals surface area contributed by atoms with Crippen molar-refractivity contribution in [3.8, 4) is 5.75 Å². The highest BCUT2D eigenvalue weighted by Gasteiger charge is 2.70. The normalized spacial score (nSPS) is 38.9. The predicted octanol–water partition coefficient (Wildman–Crippen LogP) is -0.285. The molecule has 0 amide bonds. The van der Waals surface area contributed by atoms with Gasteiger partial charge in [0, 0.05) is 0 Å². The van der Waals surface area contributed by atoms with Crippen LogP contribution < -0.4 is 9.80 Å². The van der Waals surface area contributed by atoms with Crippen LogP contribution in [0.15, 0.2) is 54.6 Å². The molecule has 4 aliphatic heterocycles. The molecule has 2 aromatic carbocycles. The van der Waals surface area contributed by atoms with Gasteiger partial charge in [0.25, 0.3) is 0 Å². The molecule has 2 aromatic rings. The van der Waals surface area contributed by atoms with Gasteiger partial charge in [0.2, 0.25) is 6.17 Å². The van der Waals surface area contributed by atoms with Gasteiger partial charge in [-0.2, -0.15) is 0 Å². The third-order valence-electron chi connectivity index (χ3n) is 6.67. The Morgan fingerprint density at radius 2 is 1.52 bits per heavy atom. The highest BCUT2D eigenvalue weighted by molar-refractivity contribution is 5.96. The molecule has 4 nitrogen and oxygen atoms in total. The molecule has 4 fully saturated rings. The van der Waals surface area contributed by atoms with Crippen molar-refractivity contribution < 1.29 is 19.7 Å². The lowest BCUT2D eigenvalue weighted by Gasteiger charge is -2.59. The van der Waals surface area contributed by atoms with Gasteiger partial charge in [-0.15, -0.1) is 0 Å². The maximum absolute atomic E-state index is 13.5. The minimum absolute atomic E-state index is 0.221. The second kappa shape index (κ2) is 4.93. The first kappa shape index (κ1) is 15.1. The highest BCUT2D eigenvalue weighted by atomic mass is 16.3. The SMILES string of the molecule is CC12C[NH+]3CC(c4ccccc4)(C[NH+](C1)C3c1ccccc1O)C2=O. The van der Waals surface area contributed by atoms with Gasteiger partial charge >= 0.3 is 0 Å². The monoisotopic (exact) mass is 336 g/mol. The molecule has 128 valence electrons. The highest BCUT2D eigenvalue weighted by Crippen LogP contribution is 2.39. The van der Waals surface area contributed by atoms with Crippen LogP contribution in [0.1, 0.15) is 24.2 Å². The van der Waals surface area contributed by atoms with Crippen molar-refractivity contribution >= 4 is 5.78 Å². The summed E-state index contributed by atoms with van der Waals surface area (Å²) >= 11 is 0. The summed E-state index contributed by atoms with van der Waals surface area (Å²) in [6.45, 7) is 5.53. The molecule has 0 spiro atoms. The summed E-state index contributed by atoms with van der Waals surface area (Å²) in [5, 5.41) is 10.4. The number of aromatic hydroxyl groups is 1. The zero-order valence-electron chi connectivity index (χ0n) is 14.5. The molecule has 4 heterocycles. The van der Waals surface area contributed by atoms with Crippen LogP contribution in [0.25, 0.3) is 0 Å². The van der Waals surface area contributed by atoms with Crippen molar-refractivity contribution in [1.82, 2.24) is 0 Å². The van der Waals surface area contributed by atoms with E-state index in [1.54, 1.807) is 6.07 Å². The maximum Gasteiger partial charge on any atom is 0.244 e. The number of piperidine rings is 2. The van der Waals surface area contributed by atoms with E-state index >= 15 is 0 Å². The third-order valence-corrected chi connectivity index (χ3v) is 6.67. The topological polar surface area (TPSA) is 46.2 Å². The minimum atomic E-state index is -0.377. The molecule has 0 aromatic heterocycles. The van der Waals surface area contributed by atoms with Crippen LogP contribution in [0.4, 0.5) is 0 Å². The lowest BCUT2D eigenvalue weighted by molar-refractivity contribution is -1.18. The molecule has 2 unspecified atom stereocenters. The second-order valence-electron chi connectivity index (χ2n) is 8.35. The van der Waals surface area contributed by atoms with E-state index in [-0.39, 0.29) is 17.0 Å². The Labute approximate surface area is 147 Å². The number of phenolic OH excluding ortho intramolecular Hbond substituents is 1. The molecule has 2 atom stereocenters. The number of benzene rings is 2. The fourth-order valence-electron chi connectivity index (χ4n) is 5.89. The first-order valence-corrected chi connectivity index (χ1v) is 9.11. The number of quaternary nitrogens is 2. The third kappa shape index (κ3) is 1.92. The molecule has 0 radical (unpaired) electrons.